The summed E-state index contributed by atoms with van der Waals surface area (Å²) in [7, 11) is 0. The zero-order valence-electron chi connectivity index (χ0n) is 15.5. The topological polar surface area (TPSA) is 84.8 Å². The van der Waals surface area contributed by atoms with Gasteiger partial charge in [0.15, 0.2) is 5.76 Å². The third kappa shape index (κ3) is 4.00. The van der Waals surface area contributed by atoms with E-state index >= 15 is 0 Å². The molecule has 0 aromatic carbocycles. The summed E-state index contributed by atoms with van der Waals surface area (Å²) in [6.07, 6.45) is 9.94. The average Bonchev–Trinajstić information content (AvgIpc) is 3.15. The van der Waals surface area contributed by atoms with Crippen LogP contribution in [-0.2, 0) is 0 Å². The van der Waals surface area contributed by atoms with Gasteiger partial charge in [-0.2, -0.15) is 5.26 Å². The van der Waals surface area contributed by atoms with Gasteiger partial charge in [-0.3, -0.25) is 15.2 Å². The molecule has 1 saturated carbocycles. The normalized spacial score (nSPS) is 34.2. The number of furan rings is 1. The van der Waals surface area contributed by atoms with Crippen LogP contribution in [0.1, 0.15) is 66.9 Å². The standard InChI is InChI=1S/C20H27BrN4O2/c21-19-17-9-16(10-22)27-18(17)11-23-20(19)24-13-4-6-14(7-5-13)25-8-2-1-3-15(25)12-26/h9,11,13-15,19-20,24,26H,1-8,12H2. The molecule has 146 valence electrons. The zero-order chi connectivity index (χ0) is 18.8. The first-order valence-corrected chi connectivity index (χ1v) is 10.9. The first-order chi connectivity index (χ1) is 13.2. The van der Waals surface area contributed by atoms with Gasteiger partial charge in [-0.25, -0.2) is 0 Å². The summed E-state index contributed by atoms with van der Waals surface area (Å²) < 4.78 is 5.47. The minimum Gasteiger partial charge on any atom is -0.444 e. The van der Waals surface area contributed by atoms with Gasteiger partial charge in [0.1, 0.15) is 12.2 Å². The number of nitrogens with zero attached hydrogens (tertiary/aromatic N) is 3. The molecule has 3 heterocycles. The maximum absolute atomic E-state index is 9.69. The largest absolute Gasteiger partial charge is 0.444 e. The molecular weight excluding hydrogens is 408 g/mol. The highest BCUT2D eigenvalue weighted by Crippen LogP contribution is 2.36. The molecule has 2 N–H and O–H groups in total. The molecule has 3 aliphatic rings. The van der Waals surface area contributed by atoms with Crippen LogP contribution in [0.25, 0.3) is 0 Å². The van der Waals surface area contributed by atoms with Gasteiger partial charge in [-0.05, 0) is 45.1 Å². The van der Waals surface area contributed by atoms with Gasteiger partial charge in [-0.15, -0.1) is 0 Å². The number of rotatable bonds is 4. The Labute approximate surface area is 168 Å². The molecule has 4 rings (SSSR count). The Bertz CT molecular complexity index is 720. The van der Waals surface area contributed by atoms with Crippen molar-refractivity contribution in [2.75, 3.05) is 13.2 Å². The van der Waals surface area contributed by atoms with Crippen molar-refractivity contribution >= 4 is 22.1 Å². The Morgan fingerprint density at radius 2 is 2.11 bits per heavy atom. The second kappa shape index (κ2) is 8.44. The van der Waals surface area contributed by atoms with Crippen LogP contribution in [0.3, 0.4) is 0 Å². The van der Waals surface area contributed by atoms with E-state index in [1.165, 1.54) is 25.7 Å². The minimum absolute atomic E-state index is 0.0157. The lowest BCUT2D eigenvalue weighted by molar-refractivity contribution is 0.0341. The summed E-state index contributed by atoms with van der Waals surface area (Å²) in [5.74, 6) is 1.01. The summed E-state index contributed by atoms with van der Waals surface area (Å²) >= 11 is 3.73. The lowest BCUT2D eigenvalue weighted by Crippen LogP contribution is -2.51. The van der Waals surface area contributed by atoms with Crippen LogP contribution in [0.15, 0.2) is 15.5 Å². The number of aliphatic hydroxyl groups excluding tert-OH is 1. The summed E-state index contributed by atoms with van der Waals surface area (Å²) in [5.41, 5.74) is 0.992. The molecule has 1 saturated heterocycles. The predicted molar refractivity (Wildman–Crippen MR) is 107 cm³/mol. The molecule has 27 heavy (non-hydrogen) atoms. The Morgan fingerprint density at radius 1 is 1.30 bits per heavy atom. The number of hydrogen-bond acceptors (Lipinski definition) is 6. The molecule has 1 aromatic rings. The van der Waals surface area contributed by atoms with Crippen molar-refractivity contribution in [2.24, 2.45) is 4.99 Å². The van der Waals surface area contributed by atoms with Gasteiger partial charge in [-0.1, -0.05) is 22.4 Å². The van der Waals surface area contributed by atoms with E-state index in [4.69, 9.17) is 9.68 Å². The zero-order valence-corrected chi connectivity index (χ0v) is 17.1. The molecule has 2 aliphatic heterocycles. The summed E-state index contributed by atoms with van der Waals surface area (Å²) in [4.78, 5) is 7.18. The lowest BCUT2D eigenvalue weighted by Gasteiger charge is -2.44. The van der Waals surface area contributed by atoms with Crippen molar-refractivity contribution in [3.05, 3.63) is 23.2 Å². The predicted octanol–water partition coefficient (Wildman–Crippen LogP) is 3.09. The van der Waals surface area contributed by atoms with Crippen LogP contribution in [0, 0.1) is 11.3 Å². The number of hydrogen-bond donors (Lipinski definition) is 2. The molecule has 2 fully saturated rings. The van der Waals surface area contributed by atoms with Gasteiger partial charge in [0.05, 0.1) is 17.6 Å². The van der Waals surface area contributed by atoms with E-state index in [1.807, 2.05) is 0 Å². The number of aliphatic imine (C=N–C) groups is 1. The van der Waals surface area contributed by atoms with Crippen molar-refractivity contribution in [3.8, 4) is 6.07 Å². The van der Waals surface area contributed by atoms with Crippen LogP contribution in [0.4, 0.5) is 0 Å². The summed E-state index contributed by atoms with van der Waals surface area (Å²) in [5, 5.41) is 22.4. The fraction of sp³-hybridized carbons (Fsp3) is 0.700. The average molecular weight is 435 g/mol. The summed E-state index contributed by atoms with van der Waals surface area (Å²) in [6, 6.07) is 5.27. The smallest absolute Gasteiger partial charge is 0.204 e. The van der Waals surface area contributed by atoms with Crippen molar-refractivity contribution in [2.45, 2.75) is 74.1 Å². The molecule has 3 atom stereocenters. The van der Waals surface area contributed by atoms with Crippen LogP contribution in [-0.4, -0.2) is 53.7 Å². The first kappa shape index (κ1) is 19.1. The highest BCUT2D eigenvalue weighted by molar-refractivity contribution is 9.09. The fourth-order valence-electron chi connectivity index (χ4n) is 4.83. The molecule has 0 spiro atoms. The number of aliphatic hydroxyl groups is 1. The van der Waals surface area contributed by atoms with Gasteiger partial charge < -0.3 is 9.52 Å². The van der Waals surface area contributed by atoms with E-state index in [0.29, 0.717) is 29.6 Å². The Kier molecular flexibility index (Phi) is 5.98. The van der Waals surface area contributed by atoms with E-state index in [9.17, 15) is 5.11 Å². The van der Waals surface area contributed by atoms with Crippen LogP contribution >= 0.6 is 15.9 Å². The van der Waals surface area contributed by atoms with Crippen molar-refractivity contribution in [1.29, 1.82) is 5.26 Å². The van der Waals surface area contributed by atoms with Crippen LogP contribution in [0.2, 0.25) is 0 Å². The fourth-order valence-corrected chi connectivity index (χ4v) is 5.47. The number of fused-ring (bicyclic) bond motifs is 1. The quantitative estimate of drug-likeness (QED) is 0.711. The van der Waals surface area contributed by atoms with E-state index in [1.54, 1.807) is 12.3 Å². The summed E-state index contributed by atoms with van der Waals surface area (Å²) in [6.45, 7) is 1.42. The maximum Gasteiger partial charge on any atom is 0.204 e. The van der Waals surface area contributed by atoms with Crippen LogP contribution in [0.5, 0.6) is 0 Å². The first-order valence-electron chi connectivity index (χ1n) is 10.0. The molecule has 0 bridgehead atoms. The number of nitriles is 1. The number of nitrogens with one attached hydrogen (secondary N) is 1. The number of halogens is 1. The third-order valence-corrected chi connectivity index (χ3v) is 7.28. The van der Waals surface area contributed by atoms with E-state index in [-0.39, 0.29) is 17.6 Å². The molecule has 1 aliphatic carbocycles. The second-order valence-corrected chi connectivity index (χ2v) is 8.90. The molecule has 7 heteroatoms. The van der Waals surface area contributed by atoms with Gasteiger partial charge in [0.25, 0.3) is 0 Å². The molecular formula is C20H27BrN4O2. The van der Waals surface area contributed by atoms with E-state index in [0.717, 1.165) is 31.4 Å². The van der Waals surface area contributed by atoms with E-state index in [2.05, 4.69) is 37.2 Å². The van der Waals surface area contributed by atoms with Crippen molar-refractivity contribution < 1.29 is 9.52 Å². The number of alkyl halides is 1. The number of likely N-dealkylation sites (tertiary alicyclic amines) is 1. The van der Waals surface area contributed by atoms with E-state index < -0.39 is 0 Å². The third-order valence-electron chi connectivity index (χ3n) is 6.28. The highest BCUT2D eigenvalue weighted by atomic mass is 79.9. The Hall–Kier alpha value is -1.20. The monoisotopic (exact) mass is 434 g/mol. The Balaban J connectivity index is 1.32. The van der Waals surface area contributed by atoms with Gasteiger partial charge >= 0.3 is 0 Å². The molecule has 3 unspecified atom stereocenters. The lowest BCUT2D eigenvalue weighted by atomic mass is 9.87. The highest BCUT2D eigenvalue weighted by Gasteiger charge is 2.34. The molecule has 0 radical (unpaired) electrons. The van der Waals surface area contributed by atoms with Crippen molar-refractivity contribution in [3.63, 3.8) is 0 Å². The van der Waals surface area contributed by atoms with Gasteiger partial charge in [0, 0.05) is 29.8 Å². The van der Waals surface area contributed by atoms with Crippen molar-refractivity contribution in [1.82, 2.24) is 10.2 Å². The minimum atomic E-state index is -0.0385. The molecule has 1 aromatic heterocycles. The molecule has 6 nitrogen and oxygen atoms in total. The van der Waals surface area contributed by atoms with Crippen LogP contribution < -0.4 is 5.32 Å². The SMILES string of the molecule is N#Cc1cc2c(o1)C=NC(NC1CCC(N3CCCCC3CO)CC1)C2Br. The molecule has 0 amide bonds. The maximum atomic E-state index is 9.69. The number of piperidine rings is 1. The second-order valence-electron chi connectivity index (χ2n) is 7.91. The van der Waals surface area contributed by atoms with Gasteiger partial charge in [0.2, 0.25) is 5.76 Å². The Morgan fingerprint density at radius 3 is 2.85 bits per heavy atom.